The molecule has 0 aliphatic carbocycles. The van der Waals surface area contributed by atoms with Gasteiger partial charge >= 0.3 is 0 Å². The lowest BCUT2D eigenvalue weighted by Crippen LogP contribution is -2.10. The standard InChI is InChI=1S/C8H11N3OS/c1-2-7-10-6(4-13-7)5-3-12-8(9)11-5/h4-5H,2-3H2,1H3,(H2,9,11). The van der Waals surface area contributed by atoms with Gasteiger partial charge in [-0.05, 0) is 6.42 Å². The molecule has 0 saturated heterocycles. The van der Waals surface area contributed by atoms with Gasteiger partial charge in [0.2, 0.25) is 0 Å². The molecule has 1 aromatic rings. The lowest BCUT2D eigenvalue weighted by molar-refractivity contribution is 0.313. The van der Waals surface area contributed by atoms with Gasteiger partial charge in [-0.3, -0.25) is 0 Å². The first-order valence-corrected chi connectivity index (χ1v) is 5.08. The molecular weight excluding hydrogens is 186 g/mol. The topological polar surface area (TPSA) is 60.5 Å². The summed E-state index contributed by atoms with van der Waals surface area (Å²) < 4.78 is 5.06. The maximum absolute atomic E-state index is 5.41. The smallest absolute Gasteiger partial charge is 0.282 e. The molecule has 2 N–H and O–H groups in total. The third-order valence-corrected chi connectivity index (χ3v) is 2.90. The number of amidine groups is 1. The first-order valence-electron chi connectivity index (χ1n) is 4.20. The second-order valence-corrected chi connectivity index (χ2v) is 3.76. The first-order chi connectivity index (χ1) is 6.29. The molecule has 0 aromatic carbocycles. The van der Waals surface area contributed by atoms with Crippen molar-refractivity contribution in [3.63, 3.8) is 0 Å². The minimum absolute atomic E-state index is 0.0107. The predicted octanol–water partition coefficient (Wildman–Crippen LogP) is 1.09. The molecule has 0 amide bonds. The van der Waals surface area contributed by atoms with E-state index < -0.39 is 0 Å². The number of aromatic nitrogens is 1. The molecule has 1 atom stereocenters. The second-order valence-electron chi connectivity index (χ2n) is 2.81. The quantitative estimate of drug-likeness (QED) is 0.772. The minimum atomic E-state index is 0.0107. The Morgan fingerprint density at radius 1 is 1.77 bits per heavy atom. The van der Waals surface area contributed by atoms with E-state index in [2.05, 4.69) is 16.9 Å². The van der Waals surface area contributed by atoms with E-state index in [0.717, 1.165) is 17.1 Å². The highest BCUT2D eigenvalue weighted by atomic mass is 32.1. The molecule has 2 rings (SSSR count). The Kier molecular flexibility index (Phi) is 2.18. The van der Waals surface area contributed by atoms with Crippen molar-refractivity contribution in [3.05, 3.63) is 16.1 Å². The number of hydrogen-bond donors (Lipinski definition) is 1. The number of nitrogens with two attached hydrogens (primary N) is 1. The Morgan fingerprint density at radius 2 is 2.62 bits per heavy atom. The molecule has 4 nitrogen and oxygen atoms in total. The lowest BCUT2D eigenvalue weighted by atomic mass is 10.3. The van der Waals surface area contributed by atoms with Crippen molar-refractivity contribution < 1.29 is 4.74 Å². The Hall–Kier alpha value is -1.10. The number of thiazole rings is 1. The average Bonchev–Trinajstić information content (AvgIpc) is 2.71. The maximum Gasteiger partial charge on any atom is 0.282 e. The van der Waals surface area contributed by atoms with Crippen molar-refractivity contribution >= 4 is 17.4 Å². The van der Waals surface area contributed by atoms with Crippen LogP contribution in [0.3, 0.4) is 0 Å². The molecule has 0 spiro atoms. The number of hydrogen-bond acceptors (Lipinski definition) is 5. The van der Waals surface area contributed by atoms with E-state index >= 15 is 0 Å². The van der Waals surface area contributed by atoms with Gasteiger partial charge in [-0.25, -0.2) is 9.98 Å². The Bertz CT molecular complexity index is 334. The van der Waals surface area contributed by atoms with E-state index in [1.54, 1.807) is 11.3 Å². The SMILES string of the molecule is CCc1nc(C2COC(N)=N2)cs1. The molecule has 5 heteroatoms. The Morgan fingerprint density at radius 3 is 3.15 bits per heavy atom. The Balaban J connectivity index is 2.17. The van der Waals surface area contributed by atoms with Gasteiger partial charge in [-0.2, -0.15) is 0 Å². The van der Waals surface area contributed by atoms with Crippen molar-refractivity contribution in [3.8, 4) is 0 Å². The molecule has 1 aromatic heterocycles. The molecule has 2 heterocycles. The van der Waals surface area contributed by atoms with Crippen LogP contribution in [0.25, 0.3) is 0 Å². The number of rotatable bonds is 2. The van der Waals surface area contributed by atoms with Crippen LogP contribution in [0.15, 0.2) is 10.4 Å². The second kappa shape index (κ2) is 3.33. The van der Waals surface area contributed by atoms with Crippen molar-refractivity contribution in [1.29, 1.82) is 0 Å². The fourth-order valence-corrected chi connectivity index (χ4v) is 1.98. The van der Waals surface area contributed by atoms with Crippen LogP contribution >= 0.6 is 11.3 Å². The molecular formula is C8H11N3OS. The molecule has 1 aliphatic rings. The first kappa shape index (κ1) is 8.50. The van der Waals surface area contributed by atoms with E-state index in [1.807, 2.05) is 5.38 Å². The zero-order valence-electron chi connectivity index (χ0n) is 7.36. The van der Waals surface area contributed by atoms with Gasteiger partial charge < -0.3 is 10.5 Å². The molecule has 0 saturated carbocycles. The third-order valence-electron chi connectivity index (χ3n) is 1.89. The fourth-order valence-electron chi connectivity index (χ4n) is 1.18. The van der Waals surface area contributed by atoms with E-state index in [-0.39, 0.29) is 12.1 Å². The zero-order chi connectivity index (χ0) is 9.26. The fraction of sp³-hybridized carbons (Fsp3) is 0.500. The van der Waals surface area contributed by atoms with Crippen LogP contribution in [-0.4, -0.2) is 17.6 Å². The maximum atomic E-state index is 5.41. The number of aliphatic imine (C=N–C) groups is 1. The number of ether oxygens (including phenoxy) is 1. The zero-order valence-corrected chi connectivity index (χ0v) is 8.17. The molecule has 1 aliphatic heterocycles. The van der Waals surface area contributed by atoms with Gasteiger partial charge in [0.05, 0.1) is 10.7 Å². The van der Waals surface area contributed by atoms with Gasteiger partial charge in [0.25, 0.3) is 6.02 Å². The number of nitrogens with zero attached hydrogens (tertiary/aromatic N) is 2. The van der Waals surface area contributed by atoms with E-state index in [4.69, 9.17) is 10.5 Å². The molecule has 0 fully saturated rings. The number of aryl methyl sites for hydroxylation is 1. The summed E-state index contributed by atoms with van der Waals surface area (Å²) >= 11 is 1.66. The van der Waals surface area contributed by atoms with E-state index in [1.165, 1.54) is 0 Å². The highest BCUT2D eigenvalue weighted by Gasteiger charge is 2.20. The van der Waals surface area contributed by atoms with Crippen LogP contribution in [0, 0.1) is 0 Å². The van der Waals surface area contributed by atoms with Crippen LogP contribution in [0.1, 0.15) is 23.7 Å². The van der Waals surface area contributed by atoms with Gasteiger partial charge in [0.1, 0.15) is 12.6 Å². The molecule has 1 unspecified atom stereocenters. The van der Waals surface area contributed by atoms with E-state index in [0.29, 0.717) is 6.61 Å². The summed E-state index contributed by atoms with van der Waals surface area (Å²) in [5.41, 5.74) is 6.38. The van der Waals surface area contributed by atoms with Crippen molar-refractivity contribution in [2.75, 3.05) is 6.61 Å². The van der Waals surface area contributed by atoms with Crippen LogP contribution in [0.2, 0.25) is 0 Å². The summed E-state index contributed by atoms with van der Waals surface area (Å²) in [5.74, 6) is 0. The van der Waals surface area contributed by atoms with Gasteiger partial charge in [0.15, 0.2) is 0 Å². The van der Waals surface area contributed by atoms with Crippen molar-refractivity contribution in [2.24, 2.45) is 10.7 Å². The Labute approximate surface area is 80.5 Å². The van der Waals surface area contributed by atoms with Gasteiger partial charge in [-0.15, -0.1) is 11.3 Å². The summed E-state index contributed by atoms with van der Waals surface area (Å²) in [6, 6.07) is 0.285. The third kappa shape index (κ3) is 1.65. The predicted molar refractivity (Wildman–Crippen MR) is 51.8 cm³/mol. The van der Waals surface area contributed by atoms with Crippen LogP contribution in [0.5, 0.6) is 0 Å². The average molecular weight is 197 g/mol. The van der Waals surface area contributed by atoms with Crippen LogP contribution in [0.4, 0.5) is 0 Å². The van der Waals surface area contributed by atoms with Crippen LogP contribution < -0.4 is 5.73 Å². The van der Waals surface area contributed by atoms with Crippen LogP contribution in [-0.2, 0) is 11.2 Å². The van der Waals surface area contributed by atoms with Crippen molar-refractivity contribution in [1.82, 2.24) is 4.98 Å². The largest absolute Gasteiger partial charge is 0.463 e. The summed E-state index contributed by atoms with van der Waals surface area (Å²) in [4.78, 5) is 8.54. The summed E-state index contributed by atoms with van der Waals surface area (Å²) in [7, 11) is 0. The summed E-state index contributed by atoms with van der Waals surface area (Å²) in [6.07, 6.45) is 0.970. The molecule has 0 radical (unpaired) electrons. The summed E-state index contributed by atoms with van der Waals surface area (Å²) in [5, 5.41) is 3.16. The monoisotopic (exact) mass is 197 g/mol. The van der Waals surface area contributed by atoms with Gasteiger partial charge in [0, 0.05) is 5.38 Å². The highest BCUT2D eigenvalue weighted by Crippen LogP contribution is 2.23. The lowest BCUT2D eigenvalue weighted by Gasteiger charge is -1.98. The molecule has 13 heavy (non-hydrogen) atoms. The molecule has 0 bridgehead atoms. The van der Waals surface area contributed by atoms with E-state index in [9.17, 15) is 0 Å². The highest BCUT2D eigenvalue weighted by molar-refractivity contribution is 7.09. The minimum Gasteiger partial charge on any atom is -0.463 e. The normalized spacial score (nSPS) is 21.3. The van der Waals surface area contributed by atoms with Crippen molar-refractivity contribution in [2.45, 2.75) is 19.4 Å². The van der Waals surface area contributed by atoms with Gasteiger partial charge in [-0.1, -0.05) is 6.92 Å². The summed E-state index contributed by atoms with van der Waals surface area (Å²) in [6.45, 7) is 2.62. The molecule has 70 valence electrons.